The summed E-state index contributed by atoms with van der Waals surface area (Å²) in [7, 11) is -2.16. The van der Waals surface area contributed by atoms with E-state index in [2.05, 4.69) is 15.4 Å². The van der Waals surface area contributed by atoms with E-state index in [0.29, 0.717) is 12.2 Å². The number of carbonyl (C=O) groups is 1. The monoisotopic (exact) mass is 299 g/mol. The van der Waals surface area contributed by atoms with Crippen LogP contribution in [-0.2, 0) is 14.8 Å². The molecule has 0 saturated heterocycles. The molecule has 20 heavy (non-hydrogen) atoms. The third-order valence-electron chi connectivity index (χ3n) is 2.83. The standard InChI is InChI=1S/C13H21N3O3S/c1-4-15-9-10(2)13(17)16-11-6-5-7-12(8-11)20(18,19)14-3/h5-8,10,14-15H,4,9H2,1-3H3,(H,16,17). The van der Waals surface area contributed by atoms with Crippen molar-refractivity contribution in [2.75, 3.05) is 25.5 Å². The molecule has 1 amide bonds. The first-order valence-corrected chi connectivity index (χ1v) is 7.94. The van der Waals surface area contributed by atoms with Crippen molar-refractivity contribution in [2.24, 2.45) is 5.92 Å². The Kier molecular flexibility index (Phi) is 6.12. The van der Waals surface area contributed by atoms with Crippen LogP contribution in [0, 0.1) is 5.92 Å². The van der Waals surface area contributed by atoms with Gasteiger partial charge in [0.15, 0.2) is 0 Å². The van der Waals surface area contributed by atoms with Crippen molar-refractivity contribution in [3.8, 4) is 0 Å². The van der Waals surface area contributed by atoms with Gasteiger partial charge in [-0.25, -0.2) is 13.1 Å². The summed E-state index contributed by atoms with van der Waals surface area (Å²) in [5, 5.41) is 5.81. The van der Waals surface area contributed by atoms with Crippen molar-refractivity contribution >= 4 is 21.6 Å². The molecule has 0 aliphatic carbocycles. The predicted octanol–water partition coefficient (Wildman–Crippen LogP) is 0.779. The van der Waals surface area contributed by atoms with E-state index in [1.807, 2.05) is 13.8 Å². The van der Waals surface area contributed by atoms with E-state index in [9.17, 15) is 13.2 Å². The average molecular weight is 299 g/mol. The second-order valence-electron chi connectivity index (χ2n) is 4.43. The van der Waals surface area contributed by atoms with Gasteiger partial charge in [-0.1, -0.05) is 19.9 Å². The highest BCUT2D eigenvalue weighted by atomic mass is 32.2. The van der Waals surface area contributed by atoms with E-state index < -0.39 is 10.0 Å². The molecule has 0 radical (unpaired) electrons. The zero-order valence-corrected chi connectivity index (χ0v) is 12.8. The Balaban J connectivity index is 2.79. The number of carbonyl (C=O) groups excluding carboxylic acids is 1. The summed E-state index contributed by atoms with van der Waals surface area (Å²) in [6, 6.07) is 6.16. The summed E-state index contributed by atoms with van der Waals surface area (Å²) >= 11 is 0. The zero-order valence-electron chi connectivity index (χ0n) is 11.9. The number of nitrogens with one attached hydrogen (secondary N) is 3. The Labute approximate surface area is 120 Å². The summed E-state index contributed by atoms with van der Waals surface area (Å²) in [5.74, 6) is -0.343. The maximum Gasteiger partial charge on any atom is 0.240 e. The van der Waals surface area contributed by atoms with Crippen LogP contribution in [0.15, 0.2) is 29.2 Å². The molecule has 0 saturated carbocycles. The third-order valence-corrected chi connectivity index (χ3v) is 4.24. The highest BCUT2D eigenvalue weighted by Gasteiger charge is 2.15. The molecule has 1 atom stereocenters. The van der Waals surface area contributed by atoms with Crippen LogP contribution in [0.1, 0.15) is 13.8 Å². The molecule has 7 heteroatoms. The maximum absolute atomic E-state index is 11.9. The second-order valence-corrected chi connectivity index (χ2v) is 6.32. The number of anilines is 1. The van der Waals surface area contributed by atoms with E-state index in [1.54, 1.807) is 12.1 Å². The van der Waals surface area contributed by atoms with Crippen molar-refractivity contribution < 1.29 is 13.2 Å². The minimum Gasteiger partial charge on any atom is -0.326 e. The first kappa shape index (κ1) is 16.6. The SMILES string of the molecule is CCNCC(C)C(=O)Nc1cccc(S(=O)(=O)NC)c1. The van der Waals surface area contributed by atoms with Crippen LogP contribution >= 0.6 is 0 Å². The van der Waals surface area contributed by atoms with Crippen LogP contribution < -0.4 is 15.4 Å². The summed E-state index contributed by atoms with van der Waals surface area (Å²) in [5.41, 5.74) is 0.467. The lowest BCUT2D eigenvalue weighted by Gasteiger charge is -2.13. The molecule has 1 aromatic rings. The molecule has 112 valence electrons. The largest absolute Gasteiger partial charge is 0.326 e. The Morgan fingerprint density at radius 3 is 2.65 bits per heavy atom. The van der Waals surface area contributed by atoms with Gasteiger partial charge in [-0.2, -0.15) is 0 Å². The Hall–Kier alpha value is -1.44. The summed E-state index contributed by atoms with van der Waals surface area (Å²) in [4.78, 5) is 12.1. The minimum atomic E-state index is -3.50. The Morgan fingerprint density at radius 2 is 2.05 bits per heavy atom. The first-order valence-electron chi connectivity index (χ1n) is 6.46. The van der Waals surface area contributed by atoms with E-state index in [4.69, 9.17) is 0 Å². The van der Waals surface area contributed by atoms with Gasteiger partial charge in [0.1, 0.15) is 0 Å². The average Bonchev–Trinajstić information content (AvgIpc) is 2.44. The summed E-state index contributed by atoms with van der Waals surface area (Å²) in [6.07, 6.45) is 0. The number of amides is 1. The third kappa shape index (κ3) is 4.59. The van der Waals surface area contributed by atoms with Crippen LogP contribution in [0.4, 0.5) is 5.69 Å². The van der Waals surface area contributed by atoms with Gasteiger partial charge in [-0.05, 0) is 31.8 Å². The van der Waals surface area contributed by atoms with E-state index in [-0.39, 0.29) is 16.7 Å². The fourth-order valence-corrected chi connectivity index (χ4v) is 2.35. The van der Waals surface area contributed by atoms with Gasteiger partial charge in [-0.3, -0.25) is 4.79 Å². The van der Waals surface area contributed by atoms with Crippen LogP contribution in [0.3, 0.4) is 0 Å². The van der Waals surface area contributed by atoms with Crippen LogP contribution in [0.25, 0.3) is 0 Å². The molecule has 3 N–H and O–H groups in total. The van der Waals surface area contributed by atoms with Crippen LogP contribution in [-0.4, -0.2) is 34.5 Å². The molecule has 0 aliphatic rings. The minimum absolute atomic E-state index is 0.122. The van der Waals surface area contributed by atoms with Gasteiger partial charge in [0.25, 0.3) is 0 Å². The van der Waals surface area contributed by atoms with Crippen molar-refractivity contribution in [1.82, 2.24) is 10.0 Å². The first-order chi connectivity index (χ1) is 9.40. The predicted molar refractivity (Wildman–Crippen MR) is 79.0 cm³/mol. The molecule has 1 aromatic carbocycles. The lowest BCUT2D eigenvalue weighted by molar-refractivity contribution is -0.119. The number of benzene rings is 1. The normalized spacial score (nSPS) is 12.9. The smallest absolute Gasteiger partial charge is 0.240 e. The highest BCUT2D eigenvalue weighted by Crippen LogP contribution is 2.15. The number of hydrogen-bond acceptors (Lipinski definition) is 4. The molecule has 0 fully saturated rings. The fraction of sp³-hybridized carbons (Fsp3) is 0.462. The van der Waals surface area contributed by atoms with Gasteiger partial charge in [0, 0.05) is 18.2 Å². The zero-order chi connectivity index (χ0) is 15.2. The number of sulfonamides is 1. The fourth-order valence-electron chi connectivity index (χ4n) is 1.58. The van der Waals surface area contributed by atoms with Gasteiger partial charge < -0.3 is 10.6 Å². The van der Waals surface area contributed by atoms with E-state index in [1.165, 1.54) is 19.2 Å². The highest BCUT2D eigenvalue weighted by molar-refractivity contribution is 7.89. The van der Waals surface area contributed by atoms with Crippen molar-refractivity contribution in [1.29, 1.82) is 0 Å². The molecule has 0 heterocycles. The van der Waals surface area contributed by atoms with E-state index in [0.717, 1.165) is 6.54 Å². The molecular weight excluding hydrogens is 278 g/mol. The van der Waals surface area contributed by atoms with Crippen molar-refractivity contribution in [2.45, 2.75) is 18.7 Å². The molecule has 0 aliphatic heterocycles. The summed E-state index contributed by atoms with van der Waals surface area (Å²) in [6.45, 7) is 5.16. The molecule has 0 bridgehead atoms. The van der Waals surface area contributed by atoms with Gasteiger partial charge in [-0.15, -0.1) is 0 Å². The summed E-state index contributed by atoms with van der Waals surface area (Å²) < 4.78 is 25.6. The molecule has 6 nitrogen and oxygen atoms in total. The van der Waals surface area contributed by atoms with Gasteiger partial charge >= 0.3 is 0 Å². The van der Waals surface area contributed by atoms with Crippen LogP contribution in [0.5, 0.6) is 0 Å². The van der Waals surface area contributed by atoms with Gasteiger partial charge in [0.05, 0.1) is 4.90 Å². The molecule has 1 unspecified atom stereocenters. The van der Waals surface area contributed by atoms with Crippen LogP contribution in [0.2, 0.25) is 0 Å². The molecule has 0 spiro atoms. The lowest BCUT2D eigenvalue weighted by atomic mass is 10.1. The lowest BCUT2D eigenvalue weighted by Crippen LogP contribution is -2.30. The Morgan fingerprint density at radius 1 is 1.35 bits per heavy atom. The van der Waals surface area contributed by atoms with E-state index >= 15 is 0 Å². The Bertz CT molecular complexity index is 558. The van der Waals surface area contributed by atoms with Crippen molar-refractivity contribution in [3.63, 3.8) is 0 Å². The van der Waals surface area contributed by atoms with Gasteiger partial charge in [0.2, 0.25) is 15.9 Å². The number of hydrogen-bond donors (Lipinski definition) is 3. The molecule has 1 rings (SSSR count). The van der Waals surface area contributed by atoms with Crippen molar-refractivity contribution in [3.05, 3.63) is 24.3 Å². The molecule has 0 aromatic heterocycles. The molecular formula is C13H21N3O3S. The second kappa shape index (κ2) is 7.37. The maximum atomic E-state index is 11.9. The quantitative estimate of drug-likeness (QED) is 0.694. The topological polar surface area (TPSA) is 87.3 Å². The number of rotatable bonds is 7.